The Kier molecular flexibility index (Phi) is 6.35. The SMILES string of the molecule is O=C(c1ccc(F)cc1)N1CCN(c2oc(-c3cccs3)nc2S(=O)(=O)c2ccc(Cl)cc2)CC1. The summed E-state index contributed by atoms with van der Waals surface area (Å²) in [5, 5.41) is 2.10. The molecule has 4 aromatic rings. The number of aromatic nitrogens is 1. The second-order valence-corrected chi connectivity index (χ2v) is 11.1. The lowest BCUT2D eigenvalue weighted by atomic mass is 10.2. The first-order valence-electron chi connectivity index (χ1n) is 10.7. The molecule has 1 amide bonds. The molecular formula is C24H19ClFN3O4S2. The third-order valence-corrected chi connectivity index (χ3v) is 8.41. The molecule has 1 aliphatic rings. The lowest BCUT2D eigenvalue weighted by Crippen LogP contribution is -2.49. The first-order chi connectivity index (χ1) is 16.8. The van der Waals surface area contributed by atoms with E-state index in [2.05, 4.69) is 4.98 Å². The molecule has 1 aliphatic heterocycles. The van der Waals surface area contributed by atoms with Gasteiger partial charge in [-0.3, -0.25) is 4.79 Å². The molecule has 5 rings (SSSR count). The van der Waals surface area contributed by atoms with Gasteiger partial charge in [-0.05, 0) is 60.0 Å². The zero-order chi connectivity index (χ0) is 24.6. The molecule has 0 bridgehead atoms. The summed E-state index contributed by atoms with van der Waals surface area (Å²) in [4.78, 5) is 21.4. The third kappa shape index (κ3) is 4.69. The van der Waals surface area contributed by atoms with Crippen LogP contribution in [0.15, 0.2) is 80.4 Å². The Labute approximate surface area is 210 Å². The summed E-state index contributed by atoms with van der Waals surface area (Å²) >= 11 is 7.33. The Morgan fingerprint density at radius 1 is 1.00 bits per heavy atom. The summed E-state index contributed by atoms with van der Waals surface area (Å²) in [5.74, 6) is -0.271. The molecule has 11 heteroatoms. The number of benzene rings is 2. The average Bonchev–Trinajstić information content (AvgIpc) is 3.55. The number of amides is 1. The van der Waals surface area contributed by atoms with Crippen LogP contribution < -0.4 is 4.90 Å². The maximum atomic E-state index is 13.5. The number of carbonyl (C=O) groups excluding carboxylic acids is 1. The predicted octanol–water partition coefficient (Wildman–Crippen LogP) is 4.99. The molecule has 35 heavy (non-hydrogen) atoms. The molecule has 3 heterocycles. The van der Waals surface area contributed by atoms with Crippen LogP contribution in [-0.2, 0) is 9.84 Å². The fourth-order valence-corrected chi connectivity index (χ4v) is 5.89. The number of anilines is 1. The number of thiophene rings is 1. The minimum absolute atomic E-state index is 0.0549. The van der Waals surface area contributed by atoms with E-state index in [0.717, 1.165) is 0 Å². The summed E-state index contributed by atoms with van der Waals surface area (Å²) in [6.07, 6.45) is 0. The molecule has 2 aromatic heterocycles. The Balaban J connectivity index is 1.44. The van der Waals surface area contributed by atoms with Crippen LogP contribution in [0.2, 0.25) is 5.02 Å². The maximum absolute atomic E-state index is 13.5. The Hall–Kier alpha value is -3.21. The van der Waals surface area contributed by atoms with Gasteiger partial charge in [-0.2, -0.15) is 4.98 Å². The molecule has 7 nitrogen and oxygen atoms in total. The maximum Gasteiger partial charge on any atom is 0.253 e. The largest absolute Gasteiger partial charge is 0.418 e. The van der Waals surface area contributed by atoms with E-state index >= 15 is 0 Å². The Morgan fingerprint density at radius 3 is 2.31 bits per heavy atom. The first kappa shape index (κ1) is 23.5. The molecular weight excluding hydrogens is 513 g/mol. The van der Waals surface area contributed by atoms with Gasteiger partial charge in [0.2, 0.25) is 26.6 Å². The quantitative estimate of drug-likeness (QED) is 0.361. The topological polar surface area (TPSA) is 83.7 Å². The van der Waals surface area contributed by atoms with Gasteiger partial charge in [-0.15, -0.1) is 11.3 Å². The van der Waals surface area contributed by atoms with E-state index in [-0.39, 0.29) is 27.6 Å². The summed E-state index contributed by atoms with van der Waals surface area (Å²) in [7, 11) is -4.00. The van der Waals surface area contributed by atoms with Gasteiger partial charge in [-0.1, -0.05) is 17.7 Å². The molecule has 0 saturated carbocycles. The lowest BCUT2D eigenvalue weighted by molar-refractivity contribution is 0.0745. The molecule has 180 valence electrons. The number of sulfone groups is 1. The van der Waals surface area contributed by atoms with Crippen LogP contribution in [0, 0.1) is 5.82 Å². The van der Waals surface area contributed by atoms with E-state index in [0.29, 0.717) is 41.6 Å². The molecule has 1 fully saturated rings. The number of hydrogen-bond acceptors (Lipinski definition) is 7. The van der Waals surface area contributed by atoms with Crippen molar-refractivity contribution >= 4 is 44.6 Å². The van der Waals surface area contributed by atoms with Crippen LogP contribution in [0.3, 0.4) is 0 Å². The highest BCUT2D eigenvalue weighted by atomic mass is 35.5. The Bertz CT molecular complexity index is 1450. The van der Waals surface area contributed by atoms with Crippen molar-refractivity contribution in [3.05, 3.63) is 82.4 Å². The minimum Gasteiger partial charge on any atom is -0.418 e. The predicted molar refractivity (Wildman–Crippen MR) is 131 cm³/mol. The van der Waals surface area contributed by atoms with Crippen molar-refractivity contribution < 1.29 is 22.0 Å². The normalized spacial score (nSPS) is 14.3. The molecule has 0 N–H and O–H groups in total. The van der Waals surface area contributed by atoms with Gasteiger partial charge in [0.1, 0.15) is 5.82 Å². The van der Waals surface area contributed by atoms with Gasteiger partial charge in [0.15, 0.2) is 0 Å². The van der Waals surface area contributed by atoms with Crippen molar-refractivity contribution in [2.24, 2.45) is 0 Å². The van der Waals surface area contributed by atoms with E-state index < -0.39 is 15.7 Å². The first-order valence-corrected chi connectivity index (χ1v) is 13.4. The lowest BCUT2D eigenvalue weighted by Gasteiger charge is -2.34. The average molecular weight is 532 g/mol. The second kappa shape index (κ2) is 9.44. The van der Waals surface area contributed by atoms with Crippen molar-refractivity contribution in [3.63, 3.8) is 0 Å². The van der Waals surface area contributed by atoms with E-state index in [1.807, 2.05) is 11.4 Å². The van der Waals surface area contributed by atoms with Crippen molar-refractivity contribution in [2.45, 2.75) is 9.92 Å². The van der Waals surface area contributed by atoms with Crippen LogP contribution in [0.4, 0.5) is 10.3 Å². The molecule has 0 unspecified atom stereocenters. The van der Waals surface area contributed by atoms with Crippen LogP contribution in [0.5, 0.6) is 0 Å². The van der Waals surface area contributed by atoms with Crippen molar-refractivity contribution in [1.82, 2.24) is 9.88 Å². The molecule has 1 saturated heterocycles. The minimum atomic E-state index is -4.00. The molecule has 0 aliphatic carbocycles. The van der Waals surface area contributed by atoms with Gasteiger partial charge in [0, 0.05) is 36.8 Å². The molecule has 0 spiro atoms. The monoisotopic (exact) mass is 531 g/mol. The highest BCUT2D eigenvalue weighted by Gasteiger charge is 2.33. The van der Waals surface area contributed by atoms with Crippen LogP contribution >= 0.6 is 22.9 Å². The fourth-order valence-electron chi connectivity index (χ4n) is 3.79. The van der Waals surface area contributed by atoms with E-state index in [1.165, 1.54) is 59.9 Å². The Morgan fingerprint density at radius 2 is 1.69 bits per heavy atom. The summed E-state index contributed by atoms with van der Waals surface area (Å²) < 4.78 is 46.2. The number of carbonyl (C=O) groups is 1. The zero-order valence-electron chi connectivity index (χ0n) is 18.2. The number of rotatable bonds is 5. The fraction of sp³-hybridized carbons (Fsp3) is 0.167. The number of piperazine rings is 1. The van der Waals surface area contributed by atoms with E-state index in [4.69, 9.17) is 16.0 Å². The van der Waals surface area contributed by atoms with Gasteiger partial charge in [0.05, 0.1) is 9.77 Å². The number of hydrogen-bond donors (Lipinski definition) is 0. The van der Waals surface area contributed by atoms with Gasteiger partial charge in [-0.25, -0.2) is 12.8 Å². The van der Waals surface area contributed by atoms with E-state index in [9.17, 15) is 17.6 Å². The van der Waals surface area contributed by atoms with Crippen molar-refractivity contribution in [2.75, 3.05) is 31.1 Å². The smallest absolute Gasteiger partial charge is 0.253 e. The zero-order valence-corrected chi connectivity index (χ0v) is 20.6. The van der Waals surface area contributed by atoms with Crippen LogP contribution in [0.25, 0.3) is 10.8 Å². The van der Waals surface area contributed by atoms with Crippen LogP contribution in [-0.4, -0.2) is 50.4 Å². The summed E-state index contributed by atoms with van der Waals surface area (Å²) in [6.45, 7) is 1.36. The molecule has 2 aromatic carbocycles. The van der Waals surface area contributed by atoms with Crippen molar-refractivity contribution in [1.29, 1.82) is 0 Å². The second-order valence-electron chi connectivity index (χ2n) is 7.85. The standard InChI is InChI=1S/C24H19ClFN3O4S2/c25-17-5-9-19(10-6-17)35(31,32)22-24(33-21(27-22)20-2-1-15-34-20)29-13-11-28(12-14-29)23(30)16-3-7-18(26)8-4-16/h1-10,15H,11-14H2. The summed E-state index contributed by atoms with van der Waals surface area (Å²) in [6, 6.07) is 14.9. The number of oxazole rings is 1. The third-order valence-electron chi connectivity index (χ3n) is 5.64. The highest BCUT2D eigenvalue weighted by Crippen LogP contribution is 2.36. The van der Waals surface area contributed by atoms with Gasteiger partial charge in [0.25, 0.3) is 5.91 Å². The molecule has 0 atom stereocenters. The number of nitrogens with zero attached hydrogens (tertiary/aromatic N) is 3. The van der Waals surface area contributed by atoms with Gasteiger partial charge >= 0.3 is 0 Å². The number of halogens is 2. The summed E-state index contributed by atoms with van der Waals surface area (Å²) in [5.41, 5.74) is 0.394. The molecule has 0 radical (unpaired) electrons. The van der Waals surface area contributed by atoms with Gasteiger partial charge < -0.3 is 14.2 Å². The van der Waals surface area contributed by atoms with E-state index in [1.54, 1.807) is 15.9 Å². The van der Waals surface area contributed by atoms with Crippen LogP contribution in [0.1, 0.15) is 10.4 Å². The highest BCUT2D eigenvalue weighted by molar-refractivity contribution is 7.91. The van der Waals surface area contributed by atoms with Crippen molar-refractivity contribution in [3.8, 4) is 10.8 Å².